The summed E-state index contributed by atoms with van der Waals surface area (Å²) in [6.45, 7) is 9.99. The van der Waals surface area contributed by atoms with Crippen molar-refractivity contribution in [2.75, 3.05) is 27.2 Å². The lowest BCUT2D eigenvalue weighted by molar-refractivity contribution is -0.136. The first kappa shape index (κ1) is 55.2. The van der Waals surface area contributed by atoms with Crippen LogP contribution < -0.4 is 16.0 Å². The van der Waals surface area contributed by atoms with E-state index in [-0.39, 0.29) is 18.5 Å². The molecule has 0 atom stereocenters. The number of likely N-dealkylation sites (N-methyl/N-ethyl adjacent to an activating group) is 1. The number of pyridine rings is 4. The van der Waals surface area contributed by atoms with E-state index in [0.717, 1.165) is 51.4 Å². The van der Waals surface area contributed by atoms with E-state index in [0.29, 0.717) is 6.04 Å². The highest BCUT2D eigenvalue weighted by molar-refractivity contribution is 5.82. The van der Waals surface area contributed by atoms with E-state index in [1.807, 2.05) is 68.5 Å². The first-order valence-electron chi connectivity index (χ1n) is 22.6. The number of hydrogen-bond acceptors (Lipinski definition) is 11. The van der Waals surface area contributed by atoms with Crippen molar-refractivity contribution < 1.29 is 33.8 Å². The molecule has 15 nitrogen and oxygen atoms in total. The Labute approximate surface area is 387 Å². The maximum Gasteiger partial charge on any atom is 0.408 e. The summed E-state index contributed by atoms with van der Waals surface area (Å²) < 4.78 is 10.00. The number of carboxylic acids is 1. The highest BCUT2D eigenvalue weighted by atomic mass is 16.6. The highest BCUT2D eigenvalue weighted by Crippen LogP contribution is 2.17. The van der Waals surface area contributed by atoms with Crippen LogP contribution in [0.1, 0.15) is 115 Å². The Morgan fingerprint density at radius 2 is 0.923 bits per heavy atom. The van der Waals surface area contributed by atoms with Crippen molar-refractivity contribution in [2.24, 2.45) is 0 Å². The average molecular weight is 899 g/mol. The molecule has 0 aliphatic heterocycles. The van der Waals surface area contributed by atoms with Gasteiger partial charge in [-0.25, -0.2) is 9.59 Å². The second kappa shape index (κ2) is 31.0. The molecule has 4 N–H and O–H groups in total. The number of amides is 3. The number of aliphatic carboxylic acids is 1. The summed E-state index contributed by atoms with van der Waals surface area (Å²) in [4.78, 5) is 63.9. The minimum absolute atomic E-state index is 0.0763. The maximum absolute atomic E-state index is 12.8. The first-order valence-corrected chi connectivity index (χ1v) is 22.6. The maximum atomic E-state index is 12.8. The van der Waals surface area contributed by atoms with Crippen molar-refractivity contribution >= 4 is 24.1 Å². The molecular weight excluding hydrogens is 825 g/mol. The van der Waals surface area contributed by atoms with Gasteiger partial charge in [-0.15, -0.1) is 0 Å². The molecule has 3 amide bonds. The van der Waals surface area contributed by atoms with Crippen molar-refractivity contribution in [3.8, 4) is 0 Å². The average Bonchev–Trinajstić information content (AvgIpc) is 3.27. The number of alkyl carbamates (subject to hydrolysis) is 2. The summed E-state index contributed by atoms with van der Waals surface area (Å²) in [5.41, 5.74) is 3.87. The molecule has 0 fully saturated rings. The normalized spacial score (nSPS) is 11.0. The lowest BCUT2D eigenvalue weighted by atomic mass is 9.99. The molecule has 15 heteroatoms. The zero-order valence-corrected chi connectivity index (χ0v) is 39.9. The van der Waals surface area contributed by atoms with Gasteiger partial charge in [0.1, 0.15) is 24.3 Å². The SMILES string of the molecule is CC(C)(C)OC(=O)NCC(=O)O.CN(C(=O)CNC(=O)OC(C)(C)C)C(CCCc1cccnc1)CCCc1cccnc1.CNC(CCCc1cccnc1)CCCc1cccnc1. The second-order valence-corrected chi connectivity index (χ2v) is 17.8. The van der Waals surface area contributed by atoms with Gasteiger partial charge in [-0.2, -0.15) is 0 Å². The van der Waals surface area contributed by atoms with Gasteiger partial charge in [-0.3, -0.25) is 29.5 Å². The highest BCUT2D eigenvalue weighted by Gasteiger charge is 2.22. The van der Waals surface area contributed by atoms with Crippen LogP contribution in [-0.2, 0) is 44.7 Å². The molecule has 4 heterocycles. The minimum Gasteiger partial charge on any atom is -0.480 e. The molecule has 0 saturated heterocycles. The van der Waals surface area contributed by atoms with E-state index < -0.39 is 35.9 Å². The smallest absolute Gasteiger partial charge is 0.408 e. The van der Waals surface area contributed by atoms with Crippen molar-refractivity contribution in [3.63, 3.8) is 0 Å². The van der Waals surface area contributed by atoms with Gasteiger partial charge >= 0.3 is 18.2 Å². The van der Waals surface area contributed by atoms with Gasteiger partial charge < -0.3 is 35.4 Å². The molecule has 356 valence electrons. The topological polar surface area (TPSA) is 198 Å². The van der Waals surface area contributed by atoms with E-state index in [2.05, 4.69) is 67.2 Å². The van der Waals surface area contributed by atoms with Gasteiger partial charge in [-0.05, 0) is 172 Å². The van der Waals surface area contributed by atoms with E-state index in [1.165, 1.54) is 47.9 Å². The van der Waals surface area contributed by atoms with Crippen LogP contribution in [0.15, 0.2) is 98.1 Å². The summed E-state index contributed by atoms with van der Waals surface area (Å²) in [5, 5.41) is 16.3. The monoisotopic (exact) mass is 899 g/mol. The summed E-state index contributed by atoms with van der Waals surface area (Å²) in [5.74, 6) is -1.22. The largest absolute Gasteiger partial charge is 0.480 e. The number of nitrogens with one attached hydrogen (secondary N) is 3. The quantitative estimate of drug-likeness (QED) is 0.0591. The van der Waals surface area contributed by atoms with E-state index in [1.54, 1.807) is 58.8 Å². The summed E-state index contributed by atoms with van der Waals surface area (Å²) >= 11 is 0. The second-order valence-electron chi connectivity index (χ2n) is 17.8. The van der Waals surface area contributed by atoms with Crippen LogP contribution in [0.4, 0.5) is 9.59 Å². The molecule has 65 heavy (non-hydrogen) atoms. The fraction of sp³-hybridized carbons (Fsp3) is 0.520. The fourth-order valence-electron chi connectivity index (χ4n) is 6.59. The number of carbonyl (C=O) groups excluding carboxylic acids is 3. The molecule has 0 aliphatic rings. The Morgan fingerprint density at radius 3 is 1.22 bits per heavy atom. The number of carbonyl (C=O) groups is 4. The van der Waals surface area contributed by atoms with E-state index >= 15 is 0 Å². The number of rotatable bonds is 22. The molecule has 0 saturated carbocycles. The van der Waals surface area contributed by atoms with Gasteiger partial charge in [0, 0.05) is 68.7 Å². The lowest BCUT2D eigenvalue weighted by Crippen LogP contribution is -2.44. The number of aryl methyl sites for hydroxylation is 4. The third kappa shape index (κ3) is 28.5. The number of ether oxygens (including phenoxy) is 2. The third-order valence-electron chi connectivity index (χ3n) is 9.85. The molecule has 0 bridgehead atoms. The predicted octanol–water partition coefficient (Wildman–Crippen LogP) is 8.18. The van der Waals surface area contributed by atoms with Gasteiger partial charge in [0.25, 0.3) is 0 Å². The van der Waals surface area contributed by atoms with Crippen molar-refractivity contribution in [1.82, 2.24) is 40.8 Å². The number of aromatic nitrogens is 4. The first-order chi connectivity index (χ1) is 30.9. The molecule has 0 aromatic carbocycles. The van der Waals surface area contributed by atoms with Gasteiger partial charge in [0.2, 0.25) is 5.91 Å². The molecule has 0 unspecified atom stereocenters. The molecule has 0 spiro atoms. The zero-order chi connectivity index (χ0) is 47.9. The zero-order valence-electron chi connectivity index (χ0n) is 39.9. The Morgan fingerprint density at radius 1 is 0.585 bits per heavy atom. The molecular formula is C50H74N8O7. The van der Waals surface area contributed by atoms with Crippen molar-refractivity contribution in [2.45, 2.75) is 142 Å². The van der Waals surface area contributed by atoms with Crippen molar-refractivity contribution in [1.29, 1.82) is 0 Å². The van der Waals surface area contributed by atoms with Crippen LogP contribution in [0.5, 0.6) is 0 Å². The lowest BCUT2D eigenvalue weighted by Gasteiger charge is -2.29. The Balaban J connectivity index is 0.000000376. The molecule has 4 rings (SSSR count). The Bertz CT molecular complexity index is 1800. The van der Waals surface area contributed by atoms with Gasteiger partial charge in [0.05, 0.1) is 0 Å². The van der Waals surface area contributed by atoms with Crippen LogP contribution in [0.3, 0.4) is 0 Å². The molecule has 0 radical (unpaired) electrons. The van der Waals surface area contributed by atoms with Crippen LogP contribution in [-0.4, -0.2) is 104 Å². The third-order valence-corrected chi connectivity index (χ3v) is 9.85. The van der Waals surface area contributed by atoms with Crippen LogP contribution in [0.25, 0.3) is 0 Å². The fourth-order valence-corrected chi connectivity index (χ4v) is 6.59. The molecule has 4 aromatic heterocycles. The van der Waals surface area contributed by atoms with Gasteiger partial charge in [0.15, 0.2) is 0 Å². The Kier molecular flexibility index (Phi) is 26.3. The van der Waals surface area contributed by atoms with Crippen LogP contribution in [0, 0.1) is 0 Å². The predicted molar refractivity (Wildman–Crippen MR) is 254 cm³/mol. The van der Waals surface area contributed by atoms with Crippen LogP contribution in [0.2, 0.25) is 0 Å². The van der Waals surface area contributed by atoms with E-state index in [9.17, 15) is 19.2 Å². The summed E-state index contributed by atoms with van der Waals surface area (Å²) in [6.07, 6.45) is 26.3. The van der Waals surface area contributed by atoms with Crippen LogP contribution >= 0.6 is 0 Å². The number of nitrogens with zero attached hydrogens (tertiary/aromatic N) is 5. The molecule has 4 aromatic rings. The number of hydrogen-bond donors (Lipinski definition) is 4. The number of carboxylic acid groups (broad SMARTS) is 1. The van der Waals surface area contributed by atoms with E-state index in [4.69, 9.17) is 14.6 Å². The van der Waals surface area contributed by atoms with Gasteiger partial charge in [-0.1, -0.05) is 24.3 Å². The molecule has 0 aliphatic carbocycles. The summed E-state index contributed by atoms with van der Waals surface area (Å²) in [7, 11) is 3.89. The minimum atomic E-state index is -1.10. The summed E-state index contributed by atoms with van der Waals surface area (Å²) in [6, 6.07) is 17.1. The standard InChI is InChI=1S/C25H36N4O3.C18H25N3.C7H13NO4/c1-25(2,3)32-24(31)28-19-23(30)29(4)22(13-5-9-20-11-7-15-26-17-20)14-6-10-21-12-8-16-27-18-21;1-19-18(10-2-6-16-8-4-12-20-14-16)11-3-7-17-9-5-13-21-15-17;1-7(2,3)12-6(11)8-4-5(9)10/h7-8,11-12,15-18,22H,5-6,9-10,13-14,19H2,1-4H3,(H,28,31);4-5,8-9,12-15,18-19H,2-3,6-7,10-11H2,1H3;4H2,1-3H3,(H,8,11)(H,9,10). The van der Waals surface area contributed by atoms with Crippen molar-refractivity contribution in [3.05, 3.63) is 120 Å². The Hall–Kier alpha value is -5.96.